The Morgan fingerprint density at radius 1 is 0.395 bits per heavy atom. The van der Waals surface area contributed by atoms with Gasteiger partial charge in [-0.1, -0.05) is 88.4 Å². The number of fused-ring (bicyclic) bond motifs is 5. The summed E-state index contributed by atoms with van der Waals surface area (Å²) in [7, 11) is 0. The molecule has 18 rings (SSSR count). The van der Waals surface area contributed by atoms with Gasteiger partial charge < -0.3 is 57.4 Å². The molecule has 15 aromatic heterocycles. The lowest BCUT2D eigenvalue weighted by Crippen LogP contribution is -2.33. The van der Waals surface area contributed by atoms with E-state index in [2.05, 4.69) is 225 Å². The van der Waals surface area contributed by atoms with E-state index in [-0.39, 0.29) is 55.6 Å². The molecule has 39 heteroatoms. The van der Waals surface area contributed by atoms with Crippen LogP contribution in [0.1, 0.15) is 68.4 Å². The number of rotatable bonds is 27. The van der Waals surface area contributed by atoms with Gasteiger partial charge in [-0.05, 0) is 175 Å². The average Bonchev–Trinajstić information content (AvgIpc) is 1.66. The molecule has 1 aliphatic rings. The minimum absolute atomic E-state index is 0.0450. The highest BCUT2D eigenvalue weighted by Crippen LogP contribution is 2.33. The van der Waals surface area contributed by atoms with Crippen molar-refractivity contribution < 1.29 is 19.7 Å². The monoisotopic (exact) mass is 1990 g/mol. The van der Waals surface area contributed by atoms with E-state index in [1.54, 1.807) is 121 Å². The lowest BCUT2D eigenvalue weighted by Gasteiger charge is -2.25. The zero-order chi connectivity index (χ0) is 86.4. The summed E-state index contributed by atoms with van der Waals surface area (Å²) in [6.07, 6.45) is 28.1. The number of hydrogen-bond acceptors (Lipinski definition) is 28. The van der Waals surface area contributed by atoms with Crippen molar-refractivity contribution in [3.05, 3.63) is 282 Å². The molecule has 0 spiro atoms. The van der Waals surface area contributed by atoms with Gasteiger partial charge in [0.15, 0.2) is 28.2 Å². The number of halogens is 6. The molecule has 33 nitrogen and oxygen atoms in total. The molecule has 0 bridgehead atoms. The Morgan fingerprint density at radius 3 is 1.16 bits per heavy atom. The topological polar surface area (TPSA) is 389 Å². The van der Waals surface area contributed by atoms with Crippen molar-refractivity contribution in [3.63, 3.8) is 0 Å². The highest BCUT2D eigenvalue weighted by molar-refractivity contribution is 9.11. The fraction of sp³-hybridized carbons (Fsp3) is 0.235. The van der Waals surface area contributed by atoms with Gasteiger partial charge in [-0.25, -0.2) is 29.3 Å². The third-order valence-electron chi connectivity index (χ3n) is 19.7. The second-order valence-electron chi connectivity index (χ2n) is 29.0. The molecule has 16 heterocycles. The van der Waals surface area contributed by atoms with E-state index in [4.69, 9.17) is 9.97 Å². The molecule has 0 saturated carbocycles. The zero-order valence-electron chi connectivity index (χ0n) is 67.4. The Bertz CT molecular complexity index is 6170. The normalized spacial score (nSPS) is 12.9. The van der Waals surface area contributed by atoms with Crippen LogP contribution in [0.4, 0.5) is 50.9 Å². The molecule has 17 aromatic rings. The van der Waals surface area contributed by atoms with Gasteiger partial charge in [0.25, 0.3) is 0 Å². The number of pyridine rings is 3. The fourth-order valence-electron chi connectivity index (χ4n) is 13.0. The Morgan fingerprint density at radius 2 is 0.774 bits per heavy atom. The number of aliphatic hydroxyl groups is 3. The third-order valence-corrected chi connectivity index (χ3v) is 22.5. The van der Waals surface area contributed by atoms with E-state index in [1.807, 2.05) is 122 Å². The van der Waals surface area contributed by atoms with Crippen LogP contribution in [0.3, 0.4) is 0 Å². The maximum atomic E-state index is 14.2. The molecule has 0 radical (unpaired) electrons. The molecule has 0 amide bonds. The van der Waals surface area contributed by atoms with Crippen LogP contribution in [0.2, 0.25) is 0 Å². The maximum absolute atomic E-state index is 14.2. The van der Waals surface area contributed by atoms with Crippen molar-refractivity contribution in [2.45, 2.75) is 91.4 Å². The minimum atomic E-state index is -0.320. The predicted molar refractivity (Wildman–Crippen MR) is 494 cm³/mol. The number of aliphatic hydroxyl groups excluding tert-OH is 3. The van der Waals surface area contributed by atoms with Gasteiger partial charge in [-0.2, -0.15) is 68.5 Å². The Kier molecular flexibility index (Phi) is 30.3. The summed E-state index contributed by atoms with van der Waals surface area (Å²) in [5, 5.41) is 89.4. The lowest BCUT2D eigenvalue weighted by molar-refractivity contribution is 0.248. The van der Waals surface area contributed by atoms with Gasteiger partial charge in [0.05, 0.1) is 115 Å². The zero-order valence-corrected chi connectivity index (χ0v) is 75.4. The van der Waals surface area contributed by atoms with Gasteiger partial charge in [-0.3, -0.25) is 15.0 Å². The lowest BCUT2D eigenvalue weighted by atomic mass is 10.1. The molecule has 3 atom stereocenters. The van der Waals surface area contributed by atoms with E-state index >= 15 is 0 Å². The van der Waals surface area contributed by atoms with Gasteiger partial charge in [0, 0.05) is 130 Å². The summed E-state index contributed by atoms with van der Waals surface area (Å²) < 4.78 is 27.0. The molecule has 2 aromatic carbocycles. The first-order valence-corrected chi connectivity index (χ1v) is 43.4. The summed E-state index contributed by atoms with van der Waals surface area (Å²) in [6.45, 7) is 12.4. The number of anilines is 8. The first kappa shape index (κ1) is 88.1. The quantitative estimate of drug-likeness (QED) is 0.0229. The average molecular weight is 1990 g/mol. The van der Waals surface area contributed by atoms with E-state index in [9.17, 15) is 19.7 Å². The Hall–Kier alpha value is -12.2. The van der Waals surface area contributed by atoms with Crippen LogP contribution in [0, 0.1) is 17.7 Å². The summed E-state index contributed by atoms with van der Waals surface area (Å²) in [4.78, 5) is 37.8. The number of hydrogen-bond donors (Lipinski definition) is 10. The number of nitrogens with zero attached hydrogens (tertiary/aromatic N) is 23. The van der Waals surface area contributed by atoms with Gasteiger partial charge >= 0.3 is 0 Å². The van der Waals surface area contributed by atoms with Gasteiger partial charge in [0.2, 0.25) is 0 Å². The molecule has 1 fully saturated rings. The second-order valence-corrected chi connectivity index (χ2v) is 33.2. The molecule has 1 saturated heterocycles. The summed E-state index contributed by atoms with van der Waals surface area (Å²) in [6, 6.07) is 41.8. The van der Waals surface area contributed by atoms with E-state index in [1.165, 1.54) is 6.07 Å². The molecular weight excluding hydrogens is 1910 g/mol. The first-order valence-electron chi connectivity index (χ1n) is 39.5. The molecule has 0 unspecified atom stereocenters. The van der Waals surface area contributed by atoms with E-state index in [0.717, 1.165) is 121 Å². The van der Waals surface area contributed by atoms with Gasteiger partial charge in [0.1, 0.15) is 52.4 Å². The predicted octanol–water partition coefficient (Wildman–Crippen LogP) is 15.6. The van der Waals surface area contributed by atoms with Crippen molar-refractivity contribution in [1.29, 1.82) is 0 Å². The molecule has 124 heavy (non-hydrogen) atoms. The SMILES string of the molecule is Brc1cnn2c(NCc3ccnnc3)cc(-c3ccccc3)nc12.CC(C)[C@@H](CO)Nc1cc(NCc2cccnc2)n2ncc(Br)c2n1.CC(C)[C@H](CO)Nc1cc(NCc2cccnc2)n2ncc(Br)c2n1.Fc1ccccc1-c1cc(NCc2ccnnc2)n2ncc(Br)c2n1.OC[C@@H]1CCCN1c1cc(NCc2cccnc2)n2ncc(Br)c2n1. The van der Waals surface area contributed by atoms with Crippen LogP contribution in [-0.4, -0.2) is 168 Å². The Balaban J connectivity index is 0.000000126. The molecule has 0 aliphatic carbocycles. The van der Waals surface area contributed by atoms with Crippen LogP contribution in [-0.2, 0) is 32.7 Å². The van der Waals surface area contributed by atoms with Crippen LogP contribution < -0.4 is 42.1 Å². The van der Waals surface area contributed by atoms with Crippen LogP contribution in [0.25, 0.3) is 50.8 Å². The second kappa shape index (κ2) is 42.7. The molecule has 10 N–H and O–H groups in total. The minimum Gasteiger partial charge on any atom is -0.394 e. The van der Waals surface area contributed by atoms with Crippen LogP contribution in [0.15, 0.2) is 249 Å². The standard InChI is InChI=1S/C17H12BrFN6.C17H19BrN6O.2C17H21BrN6O.C17H13BrN6/c18-13-10-23-25-16(20-8-11-5-6-21-22-9-11)7-15(24-17(13)25)12-3-1-2-4-14(12)19;18-14-10-21-24-15(20-9-12-3-1-5-19-8-12)7-16(22-17(14)24)23-6-2-4-13(23)11-25;2*1-11(2)14(10-25)22-15-6-16(20-8-12-4-3-5-19-7-12)24-17(23-15)13(18)9-21-24;18-14-11-22-24-16(19-9-12-6-7-20-21-10-12)8-15(23-17(14)24)13-4-2-1-3-5-13/h1-7,9-10,20H,8H2;1,3,5,7-8,10,13,20,25H,2,4,6,9,11H2;2*3-7,9,11,14,20,25H,8,10H2,1-2H3,(H,22,23);1-8,10-11,19H,9H2/t;13-;2*14-;/m.010./s1. The van der Waals surface area contributed by atoms with Crippen molar-refractivity contribution in [1.82, 2.24) is 108 Å². The van der Waals surface area contributed by atoms with Gasteiger partial charge in [-0.15, -0.1) is 0 Å². The van der Waals surface area contributed by atoms with Crippen molar-refractivity contribution in [2.24, 2.45) is 11.8 Å². The highest BCUT2D eigenvalue weighted by Gasteiger charge is 2.27. The third kappa shape index (κ3) is 22.4. The molecular formula is C85H86Br5FN30O3. The number of benzene rings is 2. The van der Waals surface area contributed by atoms with E-state index in [0.29, 0.717) is 78.4 Å². The van der Waals surface area contributed by atoms with E-state index < -0.39 is 0 Å². The number of aromatic nitrogens is 22. The number of nitrogens with one attached hydrogen (secondary N) is 7. The molecule has 1 aliphatic heterocycles. The summed E-state index contributed by atoms with van der Waals surface area (Å²) in [5.41, 5.74) is 11.7. The largest absolute Gasteiger partial charge is 0.394 e. The molecule has 636 valence electrons. The van der Waals surface area contributed by atoms with Crippen molar-refractivity contribution in [3.8, 4) is 22.5 Å². The fourth-order valence-corrected chi connectivity index (χ4v) is 14.8. The van der Waals surface area contributed by atoms with Crippen LogP contribution in [0.5, 0.6) is 0 Å². The smallest absolute Gasteiger partial charge is 0.173 e. The summed E-state index contributed by atoms with van der Waals surface area (Å²) in [5.74, 6) is 6.52. The Labute approximate surface area is 753 Å². The first-order chi connectivity index (χ1) is 60.4. The van der Waals surface area contributed by atoms with Crippen LogP contribution >= 0.6 is 79.6 Å². The van der Waals surface area contributed by atoms with Crippen molar-refractivity contribution >= 4 is 154 Å². The highest BCUT2D eigenvalue weighted by atomic mass is 79.9. The maximum Gasteiger partial charge on any atom is 0.173 e. The summed E-state index contributed by atoms with van der Waals surface area (Å²) >= 11 is 17.4. The van der Waals surface area contributed by atoms with Crippen molar-refractivity contribution in [2.75, 3.05) is 68.5 Å².